The highest BCUT2D eigenvalue weighted by Crippen LogP contribution is 2.34. The minimum absolute atomic E-state index is 0.0577. The summed E-state index contributed by atoms with van der Waals surface area (Å²) in [6.07, 6.45) is 0.0577. The molecule has 3 rings (SSSR count). The first-order valence-corrected chi connectivity index (χ1v) is 8.74. The Balaban J connectivity index is 1.85. The van der Waals surface area contributed by atoms with Gasteiger partial charge in [-0.25, -0.2) is 0 Å². The van der Waals surface area contributed by atoms with Crippen LogP contribution >= 0.6 is 11.3 Å². The van der Waals surface area contributed by atoms with Crippen LogP contribution in [0.4, 0.5) is 0 Å². The molecule has 124 valence electrons. The maximum atomic E-state index is 11.0. The van der Waals surface area contributed by atoms with E-state index in [1.165, 1.54) is 16.7 Å². The zero-order chi connectivity index (χ0) is 17.3. The third kappa shape index (κ3) is 3.29. The number of hydrogen-bond donors (Lipinski definition) is 1. The highest BCUT2D eigenvalue weighted by atomic mass is 32.1. The van der Waals surface area contributed by atoms with Crippen LogP contribution in [0.2, 0.25) is 0 Å². The van der Waals surface area contributed by atoms with Crippen LogP contribution in [0.5, 0.6) is 5.75 Å². The van der Waals surface area contributed by atoms with Crippen molar-refractivity contribution in [1.29, 1.82) is 0 Å². The molecule has 2 aromatic carbocycles. The number of carboxylic acids is 1. The van der Waals surface area contributed by atoms with Crippen molar-refractivity contribution in [2.24, 2.45) is 0 Å². The van der Waals surface area contributed by atoms with Gasteiger partial charge >= 0.3 is 5.97 Å². The van der Waals surface area contributed by atoms with E-state index in [4.69, 9.17) is 9.84 Å². The van der Waals surface area contributed by atoms with Gasteiger partial charge in [0.2, 0.25) is 0 Å². The van der Waals surface area contributed by atoms with Gasteiger partial charge in [0.25, 0.3) is 0 Å². The first kappa shape index (κ1) is 16.5. The van der Waals surface area contributed by atoms with Crippen molar-refractivity contribution >= 4 is 27.4 Å². The lowest BCUT2D eigenvalue weighted by Gasteiger charge is -2.12. The monoisotopic (exact) mass is 340 g/mol. The van der Waals surface area contributed by atoms with Crippen molar-refractivity contribution in [2.45, 2.75) is 33.8 Å². The van der Waals surface area contributed by atoms with E-state index in [2.05, 4.69) is 32.0 Å². The average Bonchev–Trinajstić information content (AvgIpc) is 2.91. The predicted octanol–water partition coefficient (Wildman–Crippen LogP) is 5.03. The smallest absolute Gasteiger partial charge is 0.307 e. The lowest BCUT2D eigenvalue weighted by Crippen LogP contribution is -2.00. The zero-order valence-electron chi connectivity index (χ0n) is 14.1. The van der Waals surface area contributed by atoms with Crippen LogP contribution in [0, 0.1) is 20.8 Å². The Morgan fingerprint density at radius 1 is 1.12 bits per heavy atom. The Kier molecular flexibility index (Phi) is 4.58. The van der Waals surface area contributed by atoms with Crippen molar-refractivity contribution in [3.05, 3.63) is 63.5 Å². The molecule has 0 saturated carbocycles. The highest BCUT2D eigenvalue weighted by Gasteiger charge is 2.12. The maximum absolute atomic E-state index is 11.0. The Labute approximate surface area is 145 Å². The number of carbonyl (C=O) groups is 1. The third-order valence-corrected chi connectivity index (χ3v) is 5.41. The van der Waals surface area contributed by atoms with Crippen LogP contribution in [-0.4, -0.2) is 11.1 Å². The van der Waals surface area contributed by atoms with E-state index in [1.807, 2.05) is 24.4 Å². The van der Waals surface area contributed by atoms with Crippen molar-refractivity contribution in [2.75, 3.05) is 0 Å². The Hall–Kier alpha value is -2.33. The predicted molar refractivity (Wildman–Crippen MR) is 98.1 cm³/mol. The summed E-state index contributed by atoms with van der Waals surface area (Å²) in [5.41, 5.74) is 5.59. The first-order valence-electron chi connectivity index (χ1n) is 7.86. The maximum Gasteiger partial charge on any atom is 0.307 e. The number of ether oxygens (including phenoxy) is 1. The molecule has 0 spiro atoms. The van der Waals surface area contributed by atoms with E-state index in [0.29, 0.717) is 6.61 Å². The Morgan fingerprint density at radius 2 is 1.92 bits per heavy atom. The van der Waals surface area contributed by atoms with E-state index in [1.54, 1.807) is 11.3 Å². The Bertz CT molecular complexity index is 909. The average molecular weight is 340 g/mol. The van der Waals surface area contributed by atoms with Gasteiger partial charge in [0.15, 0.2) is 0 Å². The van der Waals surface area contributed by atoms with Crippen molar-refractivity contribution in [1.82, 2.24) is 0 Å². The quantitative estimate of drug-likeness (QED) is 0.708. The van der Waals surface area contributed by atoms with Gasteiger partial charge in [-0.1, -0.05) is 23.8 Å². The minimum atomic E-state index is -0.803. The van der Waals surface area contributed by atoms with E-state index < -0.39 is 5.97 Å². The van der Waals surface area contributed by atoms with Crippen molar-refractivity contribution in [3.8, 4) is 5.75 Å². The summed E-state index contributed by atoms with van der Waals surface area (Å²) in [7, 11) is 0. The molecule has 0 aliphatic heterocycles. The minimum Gasteiger partial charge on any atom is -0.489 e. The summed E-state index contributed by atoms with van der Waals surface area (Å²) in [5, 5.41) is 11.9. The molecule has 0 saturated heterocycles. The van der Waals surface area contributed by atoms with Crippen LogP contribution in [0.15, 0.2) is 35.7 Å². The van der Waals surface area contributed by atoms with Gasteiger partial charge in [-0.15, -0.1) is 11.3 Å². The topological polar surface area (TPSA) is 46.5 Å². The van der Waals surface area contributed by atoms with Crippen LogP contribution in [0.3, 0.4) is 0 Å². The third-order valence-electron chi connectivity index (χ3n) is 4.24. The van der Waals surface area contributed by atoms with Gasteiger partial charge in [0.1, 0.15) is 12.4 Å². The molecule has 0 fully saturated rings. The molecule has 0 bridgehead atoms. The summed E-state index contributed by atoms with van der Waals surface area (Å²) in [4.78, 5) is 11.0. The molecule has 0 amide bonds. The number of benzene rings is 2. The molecule has 0 unspecified atom stereocenters. The van der Waals surface area contributed by atoms with E-state index in [0.717, 1.165) is 27.0 Å². The number of hydrogen-bond acceptors (Lipinski definition) is 3. The summed E-state index contributed by atoms with van der Waals surface area (Å²) >= 11 is 1.58. The summed E-state index contributed by atoms with van der Waals surface area (Å²) < 4.78 is 7.13. The number of thiophene rings is 1. The largest absolute Gasteiger partial charge is 0.489 e. The highest BCUT2D eigenvalue weighted by molar-refractivity contribution is 7.17. The summed E-state index contributed by atoms with van der Waals surface area (Å²) in [6.45, 7) is 6.74. The molecule has 1 N–H and O–H groups in total. The number of aryl methyl sites for hydroxylation is 3. The standard InChI is InChI=1S/C20H20O3S/c1-12-4-5-15(13(2)8-12)10-23-18-7-6-17-16(9-19(21)22)11-24-20(17)14(18)3/h4-8,11H,9-10H2,1-3H3,(H,21,22). The molecule has 3 aromatic rings. The fraction of sp³-hybridized carbons (Fsp3) is 0.250. The van der Waals surface area contributed by atoms with Crippen LogP contribution in [-0.2, 0) is 17.8 Å². The molecule has 1 aromatic heterocycles. The van der Waals surface area contributed by atoms with Gasteiger partial charge in [0.05, 0.1) is 6.42 Å². The number of fused-ring (bicyclic) bond motifs is 1. The van der Waals surface area contributed by atoms with Gasteiger partial charge in [0, 0.05) is 10.3 Å². The SMILES string of the molecule is Cc1ccc(COc2ccc3c(CC(=O)O)csc3c2C)c(C)c1. The molecule has 0 aliphatic carbocycles. The molecule has 3 nitrogen and oxygen atoms in total. The van der Waals surface area contributed by atoms with E-state index >= 15 is 0 Å². The van der Waals surface area contributed by atoms with Gasteiger partial charge in [-0.2, -0.15) is 0 Å². The summed E-state index contributed by atoms with van der Waals surface area (Å²) in [6, 6.07) is 10.3. The molecule has 0 aliphatic rings. The molecule has 0 radical (unpaired) electrons. The fourth-order valence-electron chi connectivity index (χ4n) is 2.89. The molecule has 0 atom stereocenters. The lowest BCUT2D eigenvalue weighted by atomic mass is 10.1. The van der Waals surface area contributed by atoms with Gasteiger partial charge in [-0.05, 0) is 60.4 Å². The van der Waals surface area contributed by atoms with E-state index in [-0.39, 0.29) is 6.42 Å². The first-order chi connectivity index (χ1) is 11.5. The second kappa shape index (κ2) is 6.65. The zero-order valence-corrected chi connectivity index (χ0v) is 14.9. The number of aliphatic carboxylic acids is 1. The van der Waals surface area contributed by atoms with E-state index in [9.17, 15) is 4.79 Å². The molecule has 4 heteroatoms. The number of carboxylic acid groups (broad SMARTS) is 1. The van der Waals surface area contributed by atoms with Crippen LogP contribution in [0.1, 0.15) is 27.8 Å². The molecular formula is C20H20O3S. The van der Waals surface area contributed by atoms with Crippen LogP contribution in [0.25, 0.3) is 10.1 Å². The number of rotatable bonds is 5. The van der Waals surface area contributed by atoms with Crippen molar-refractivity contribution in [3.63, 3.8) is 0 Å². The second-order valence-corrected chi connectivity index (χ2v) is 7.00. The molecular weight excluding hydrogens is 320 g/mol. The Morgan fingerprint density at radius 3 is 2.62 bits per heavy atom. The fourth-order valence-corrected chi connectivity index (χ4v) is 3.97. The normalized spacial score (nSPS) is 11.0. The molecule has 1 heterocycles. The van der Waals surface area contributed by atoms with Crippen LogP contribution < -0.4 is 4.74 Å². The lowest BCUT2D eigenvalue weighted by molar-refractivity contribution is -0.136. The van der Waals surface area contributed by atoms with Gasteiger partial charge in [-0.3, -0.25) is 4.79 Å². The van der Waals surface area contributed by atoms with Gasteiger partial charge < -0.3 is 9.84 Å². The van der Waals surface area contributed by atoms with Crippen molar-refractivity contribution < 1.29 is 14.6 Å². The second-order valence-electron chi connectivity index (χ2n) is 6.12. The summed E-state index contributed by atoms with van der Waals surface area (Å²) in [5.74, 6) is 0.0497. The molecule has 24 heavy (non-hydrogen) atoms.